The lowest BCUT2D eigenvalue weighted by molar-refractivity contribution is -0.125. The molecule has 0 unspecified atom stereocenters. The van der Waals surface area contributed by atoms with Crippen LogP contribution in [0.15, 0.2) is 24.3 Å². The van der Waals surface area contributed by atoms with E-state index in [0.717, 1.165) is 24.9 Å². The third-order valence-electron chi connectivity index (χ3n) is 4.85. The second kappa shape index (κ2) is 10.5. The molecule has 0 saturated carbocycles. The van der Waals surface area contributed by atoms with E-state index in [-0.39, 0.29) is 17.8 Å². The summed E-state index contributed by atoms with van der Waals surface area (Å²) < 4.78 is 13.1. The van der Waals surface area contributed by atoms with Gasteiger partial charge in [-0.3, -0.25) is 9.69 Å². The summed E-state index contributed by atoms with van der Waals surface area (Å²) in [7, 11) is 3.74. The molecule has 0 spiro atoms. The third kappa shape index (κ3) is 6.75. The number of likely N-dealkylation sites (N-methyl/N-ethyl adjacent to an activating group) is 1. The average molecular weight is 349 g/mol. The second-order valence-corrected chi connectivity index (χ2v) is 7.17. The molecule has 4 nitrogen and oxygen atoms in total. The lowest BCUT2D eigenvalue weighted by Gasteiger charge is -2.24. The molecule has 1 aliphatic heterocycles. The molecule has 5 heteroatoms. The van der Waals surface area contributed by atoms with E-state index >= 15 is 0 Å². The van der Waals surface area contributed by atoms with Gasteiger partial charge in [0.15, 0.2) is 0 Å². The Bertz CT molecular complexity index is 510. The first-order chi connectivity index (χ1) is 12.1. The summed E-state index contributed by atoms with van der Waals surface area (Å²) in [6, 6.07) is 5.78. The number of nitrogens with one attached hydrogen (secondary N) is 1. The molecule has 1 aromatic rings. The zero-order valence-electron chi connectivity index (χ0n) is 15.6. The molecule has 0 aliphatic carbocycles. The maximum Gasteiger partial charge on any atom is 0.241 e. The SMILES string of the molecule is CN(C)[C@H](C(=O)NCCCCN1CCCCCC1)c1ccc(F)cc1. The highest BCUT2D eigenvalue weighted by Gasteiger charge is 2.22. The summed E-state index contributed by atoms with van der Waals surface area (Å²) in [4.78, 5) is 16.9. The van der Waals surface area contributed by atoms with Gasteiger partial charge >= 0.3 is 0 Å². The fraction of sp³-hybridized carbons (Fsp3) is 0.650. The third-order valence-corrected chi connectivity index (χ3v) is 4.85. The first-order valence-corrected chi connectivity index (χ1v) is 9.50. The standard InChI is InChI=1S/C20H32FN3O/c1-23(2)19(17-9-11-18(21)12-10-17)20(25)22-13-5-8-16-24-14-6-3-4-7-15-24/h9-12,19H,3-8,13-16H2,1-2H3,(H,22,25)/t19-/m0/s1. The van der Waals surface area contributed by atoms with Gasteiger partial charge in [-0.25, -0.2) is 4.39 Å². The quantitative estimate of drug-likeness (QED) is 0.732. The van der Waals surface area contributed by atoms with Crippen molar-refractivity contribution in [2.24, 2.45) is 0 Å². The molecule has 2 rings (SSSR count). The number of carbonyl (C=O) groups excluding carboxylic acids is 1. The number of hydrogen-bond donors (Lipinski definition) is 1. The number of amides is 1. The summed E-state index contributed by atoms with van der Waals surface area (Å²) in [5.74, 6) is -0.304. The highest BCUT2D eigenvalue weighted by molar-refractivity contribution is 5.83. The van der Waals surface area contributed by atoms with Gasteiger partial charge < -0.3 is 10.2 Å². The number of carbonyl (C=O) groups is 1. The van der Waals surface area contributed by atoms with E-state index in [1.54, 1.807) is 12.1 Å². The van der Waals surface area contributed by atoms with Gasteiger partial charge in [0.2, 0.25) is 5.91 Å². The molecule has 0 radical (unpaired) electrons. The molecule has 140 valence electrons. The van der Waals surface area contributed by atoms with Crippen LogP contribution in [0, 0.1) is 5.82 Å². The van der Waals surface area contributed by atoms with E-state index in [2.05, 4.69) is 10.2 Å². The highest BCUT2D eigenvalue weighted by Crippen LogP contribution is 2.19. The van der Waals surface area contributed by atoms with E-state index in [9.17, 15) is 9.18 Å². The minimum atomic E-state index is -0.383. The van der Waals surface area contributed by atoms with Crippen molar-refractivity contribution in [2.45, 2.75) is 44.6 Å². The van der Waals surface area contributed by atoms with Crippen LogP contribution >= 0.6 is 0 Å². The highest BCUT2D eigenvalue weighted by atomic mass is 19.1. The molecule has 1 atom stereocenters. The number of halogens is 1. The van der Waals surface area contributed by atoms with Crippen molar-refractivity contribution in [1.29, 1.82) is 0 Å². The lowest BCUT2D eigenvalue weighted by Crippen LogP contribution is -2.37. The Hall–Kier alpha value is -1.46. The molecular formula is C20H32FN3O. The Balaban J connectivity index is 1.72. The summed E-state index contributed by atoms with van der Waals surface area (Å²) in [6.07, 6.45) is 7.47. The number of rotatable bonds is 8. The zero-order chi connectivity index (χ0) is 18.1. The van der Waals surface area contributed by atoms with Crippen LogP contribution in [0.5, 0.6) is 0 Å². The second-order valence-electron chi connectivity index (χ2n) is 7.17. The van der Waals surface area contributed by atoms with Crippen LogP contribution in [0.3, 0.4) is 0 Å². The fourth-order valence-electron chi connectivity index (χ4n) is 3.46. The molecular weight excluding hydrogens is 317 g/mol. The van der Waals surface area contributed by atoms with E-state index < -0.39 is 0 Å². The van der Waals surface area contributed by atoms with Crippen molar-refractivity contribution in [2.75, 3.05) is 40.3 Å². The number of hydrogen-bond acceptors (Lipinski definition) is 3. The van der Waals surface area contributed by atoms with Crippen LogP contribution in [0.2, 0.25) is 0 Å². The predicted octanol–water partition coefficient (Wildman–Crippen LogP) is 3.20. The van der Waals surface area contributed by atoms with Crippen LogP contribution in [0.4, 0.5) is 4.39 Å². The van der Waals surface area contributed by atoms with Crippen LogP contribution in [-0.4, -0.2) is 56.0 Å². The predicted molar refractivity (Wildman–Crippen MR) is 100.0 cm³/mol. The van der Waals surface area contributed by atoms with Crippen molar-refractivity contribution in [3.05, 3.63) is 35.6 Å². The van der Waals surface area contributed by atoms with Gasteiger partial charge in [-0.05, 0) is 77.1 Å². The minimum absolute atomic E-state index is 0.0219. The number of benzene rings is 1. The normalized spacial score (nSPS) is 17.3. The van der Waals surface area contributed by atoms with E-state index in [1.807, 2.05) is 19.0 Å². The molecule has 0 bridgehead atoms. The van der Waals surface area contributed by atoms with E-state index in [1.165, 1.54) is 50.9 Å². The van der Waals surface area contributed by atoms with Gasteiger partial charge in [0, 0.05) is 6.54 Å². The Morgan fingerprint density at radius 3 is 2.36 bits per heavy atom. The first-order valence-electron chi connectivity index (χ1n) is 9.50. The van der Waals surface area contributed by atoms with Crippen molar-refractivity contribution >= 4 is 5.91 Å². The Kier molecular flexibility index (Phi) is 8.35. The monoisotopic (exact) mass is 349 g/mol. The Morgan fingerprint density at radius 1 is 1.12 bits per heavy atom. The van der Waals surface area contributed by atoms with Crippen molar-refractivity contribution in [3.63, 3.8) is 0 Å². The van der Waals surface area contributed by atoms with Crippen LogP contribution in [0.1, 0.15) is 50.1 Å². The van der Waals surface area contributed by atoms with Crippen LogP contribution in [0.25, 0.3) is 0 Å². The molecule has 1 aromatic carbocycles. The Labute approximate surface area is 151 Å². The number of nitrogens with zero attached hydrogens (tertiary/aromatic N) is 2. The molecule has 25 heavy (non-hydrogen) atoms. The maximum absolute atomic E-state index is 13.1. The maximum atomic E-state index is 13.1. The van der Waals surface area contributed by atoms with E-state index in [0.29, 0.717) is 6.54 Å². The average Bonchev–Trinajstić information content (AvgIpc) is 2.85. The van der Waals surface area contributed by atoms with Gasteiger partial charge in [-0.15, -0.1) is 0 Å². The van der Waals surface area contributed by atoms with E-state index in [4.69, 9.17) is 0 Å². The lowest BCUT2D eigenvalue weighted by atomic mass is 10.1. The largest absolute Gasteiger partial charge is 0.354 e. The molecule has 1 N–H and O–H groups in total. The molecule has 1 fully saturated rings. The number of likely N-dealkylation sites (tertiary alicyclic amines) is 1. The molecule has 1 aliphatic rings. The topological polar surface area (TPSA) is 35.6 Å². The van der Waals surface area contributed by atoms with Gasteiger partial charge in [0.1, 0.15) is 11.9 Å². The smallest absolute Gasteiger partial charge is 0.241 e. The molecule has 1 amide bonds. The minimum Gasteiger partial charge on any atom is -0.354 e. The first kappa shape index (κ1) is 19.9. The summed E-state index contributed by atoms with van der Waals surface area (Å²) >= 11 is 0. The fourth-order valence-corrected chi connectivity index (χ4v) is 3.46. The number of unbranched alkanes of at least 4 members (excludes halogenated alkanes) is 1. The van der Waals surface area contributed by atoms with Gasteiger partial charge in [0.05, 0.1) is 0 Å². The summed E-state index contributed by atoms with van der Waals surface area (Å²) in [5, 5.41) is 3.03. The van der Waals surface area contributed by atoms with Crippen LogP contribution in [-0.2, 0) is 4.79 Å². The molecule has 0 aromatic heterocycles. The zero-order valence-corrected chi connectivity index (χ0v) is 15.6. The molecule has 1 heterocycles. The van der Waals surface area contributed by atoms with Gasteiger partial charge in [-0.1, -0.05) is 25.0 Å². The van der Waals surface area contributed by atoms with Gasteiger partial charge in [0.25, 0.3) is 0 Å². The van der Waals surface area contributed by atoms with Crippen molar-refractivity contribution in [1.82, 2.24) is 15.1 Å². The van der Waals surface area contributed by atoms with Crippen LogP contribution < -0.4 is 5.32 Å². The summed E-state index contributed by atoms with van der Waals surface area (Å²) in [5.41, 5.74) is 0.813. The van der Waals surface area contributed by atoms with Crippen molar-refractivity contribution < 1.29 is 9.18 Å². The van der Waals surface area contributed by atoms with Gasteiger partial charge in [-0.2, -0.15) is 0 Å². The summed E-state index contributed by atoms with van der Waals surface area (Å²) in [6.45, 7) is 4.27. The molecule has 1 saturated heterocycles. The van der Waals surface area contributed by atoms with Crippen molar-refractivity contribution in [3.8, 4) is 0 Å². The Morgan fingerprint density at radius 2 is 1.76 bits per heavy atom.